The Morgan fingerprint density at radius 3 is 2.58 bits per heavy atom. The van der Waals surface area contributed by atoms with Crippen molar-refractivity contribution in [1.82, 2.24) is 4.90 Å². The van der Waals surface area contributed by atoms with Crippen LogP contribution in [0.1, 0.15) is 45.2 Å². The Bertz CT molecular complexity index is 436. The Kier molecular flexibility index (Phi) is 4.19. The summed E-state index contributed by atoms with van der Waals surface area (Å²) in [5.74, 6) is -0.297. The Hall–Kier alpha value is -0.640. The zero-order valence-electron chi connectivity index (χ0n) is 11.8. The molecule has 1 fully saturated rings. The van der Waals surface area contributed by atoms with Gasteiger partial charge in [-0.1, -0.05) is 11.6 Å². The van der Waals surface area contributed by atoms with Crippen molar-refractivity contribution < 1.29 is 4.39 Å². The molecule has 19 heavy (non-hydrogen) atoms. The van der Waals surface area contributed by atoms with Gasteiger partial charge in [0.05, 0.1) is 6.04 Å². The Morgan fingerprint density at radius 2 is 2.00 bits per heavy atom. The van der Waals surface area contributed by atoms with Crippen LogP contribution in [0.4, 0.5) is 4.39 Å². The highest BCUT2D eigenvalue weighted by Gasteiger charge is 2.36. The van der Waals surface area contributed by atoms with Crippen LogP contribution in [0.15, 0.2) is 18.2 Å². The molecule has 2 unspecified atom stereocenters. The maximum Gasteiger partial charge on any atom is 0.125 e. The van der Waals surface area contributed by atoms with Gasteiger partial charge in [0.1, 0.15) is 5.82 Å². The van der Waals surface area contributed by atoms with Crippen LogP contribution in [0.25, 0.3) is 0 Å². The van der Waals surface area contributed by atoms with Crippen molar-refractivity contribution in [1.29, 1.82) is 0 Å². The van der Waals surface area contributed by atoms with Crippen molar-refractivity contribution in [2.75, 3.05) is 6.54 Å². The van der Waals surface area contributed by atoms with Crippen molar-refractivity contribution in [3.63, 3.8) is 0 Å². The molecule has 2 atom stereocenters. The second-order valence-corrected chi connectivity index (χ2v) is 6.75. The van der Waals surface area contributed by atoms with Crippen molar-refractivity contribution in [2.45, 2.75) is 51.2 Å². The summed E-state index contributed by atoms with van der Waals surface area (Å²) in [6.45, 7) is 7.48. The molecule has 1 aliphatic rings. The number of rotatable bonds is 1. The van der Waals surface area contributed by atoms with Crippen LogP contribution < -0.4 is 5.73 Å². The quantitative estimate of drug-likeness (QED) is 0.851. The van der Waals surface area contributed by atoms with E-state index in [0.717, 1.165) is 24.9 Å². The van der Waals surface area contributed by atoms with E-state index >= 15 is 0 Å². The predicted molar refractivity (Wildman–Crippen MR) is 77.8 cm³/mol. The van der Waals surface area contributed by atoms with E-state index in [9.17, 15) is 4.39 Å². The lowest BCUT2D eigenvalue weighted by Gasteiger charge is -2.47. The molecule has 0 bridgehead atoms. The molecule has 1 aromatic carbocycles. The molecule has 0 aromatic heterocycles. The fourth-order valence-electron chi connectivity index (χ4n) is 2.95. The smallest absolute Gasteiger partial charge is 0.125 e. The molecule has 0 aliphatic carbocycles. The number of nitrogens with zero attached hydrogens (tertiary/aromatic N) is 1. The van der Waals surface area contributed by atoms with E-state index < -0.39 is 0 Å². The minimum absolute atomic E-state index is 0.00149. The molecule has 1 heterocycles. The Labute approximate surface area is 119 Å². The van der Waals surface area contributed by atoms with E-state index in [4.69, 9.17) is 17.3 Å². The topological polar surface area (TPSA) is 29.3 Å². The van der Waals surface area contributed by atoms with Crippen molar-refractivity contribution >= 4 is 11.6 Å². The minimum Gasteiger partial charge on any atom is -0.326 e. The third-order valence-corrected chi connectivity index (χ3v) is 3.98. The number of nitrogens with two attached hydrogens (primary N) is 1. The second-order valence-electron chi connectivity index (χ2n) is 6.32. The zero-order valence-corrected chi connectivity index (χ0v) is 12.5. The first-order chi connectivity index (χ1) is 8.79. The molecule has 0 amide bonds. The van der Waals surface area contributed by atoms with Crippen molar-refractivity contribution in [2.24, 2.45) is 5.73 Å². The van der Waals surface area contributed by atoms with Crippen LogP contribution in [0, 0.1) is 5.82 Å². The molecule has 0 spiro atoms. The first-order valence-corrected chi connectivity index (χ1v) is 7.15. The van der Waals surface area contributed by atoms with Gasteiger partial charge in [0.25, 0.3) is 0 Å². The molecule has 2 rings (SSSR count). The molecular weight excluding hydrogens is 263 g/mol. The summed E-state index contributed by atoms with van der Waals surface area (Å²) in [5.41, 5.74) is 7.17. The molecule has 0 radical (unpaired) electrons. The van der Waals surface area contributed by atoms with E-state index in [1.165, 1.54) is 6.07 Å². The minimum atomic E-state index is -0.297. The van der Waals surface area contributed by atoms with E-state index in [2.05, 4.69) is 25.7 Å². The summed E-state index contributed by atoms with van der Waals surface area (Å²) >= 11 is 5.98. The zero-order chi connectivity index (χ0) is 14.2. The fraction of sp³-hybridized carbons (Fsp3) is 0.600. The lowest BCUT2D eigenvalue weighted by molar-refractivity contribution is 0.0383. The van der Waals surface area contributed by atoms with E-state index in [-0.39, 0.29) is 23.4 Å². The van der Waals surface area contributed by atoms with Gasteiger partial charge < -0.3 is 5.73 Å². The number of likely N-dealkylation sites (tertiary alicyclic amines) is 1. The van der Waals surface area contributed by atoms with Crippen LogP contribution in [0.2, 0.25) is 5.02 Å². The largest absolute Gasteiger partial charge is 0.326 e. The number of halogens is 2. The SMILES string of the molecule is CC(C)(C)N1CCCC(N)C1c1cc(F)cc(Cl)c1. The number of hydrogen-bond acceptors (Lipinski definition) is 2. The van der Waals surface area contributed by atoms with Gasteiger partial charge >= 0.3 is 0 Å². The number of benzene rings is 1. The van der Waals surface area contributed by atoms with Gasteiger partial charge in [-0.2, -0.15) is 0 Å². The predicted octanol–water partition coefficient (Wildman–Crippen LogP) is 3.74. The van der Waals surface area contributed by atoms with Crippen molar-refractivity contribution in [3.05, 3.63) is 34.6 Å². The highest BCUT2D eigenvalue weighted by molar-refractivity contribution is 6.30. The molecule has 1 aromatic rings. The molecule has 0 saturated carbocycles. The third kappa shape index (κ3) is 3.28. The summed E-state index contributed by atoms with van der Waals surface area (Å²) in [6.07, 6.45) is 2.05. The Morgan fingerprint density at radius 1 is 1.32 bits per heavy atom. The highest BCUT2D eigenvalue weighted by Crippen LogP contribution is 2.36. The van der Waals surface area contributed by atoms with Crippen LogP contribution in [0.3, 0.4) is 0 Å². The van der Waals surface area contributed by atoms with Gasteiger partial charge in [-0.05, 0) is 63.9 Å². The average molecular weight is 285 g/mol. The highest BCUT2D eigenvalue weighted by atomic mass is 35.5. The van der Waals surface area contributed by atoms with Crippen LogP contribution in [-0.4, -0.2) is 23.0 Å². The van der Waals surface area contributed by atoms with Crippen LogP contribution in [0.5, 0.6) is 0 Å². The number of hydrogen-bond donors (Lipinski definition) is 1. The van der Waals surface area contributed by atoms with Gasteiger partial charge in [0.15, 0.2) is 0 Å². The summed E-state index contributed by atoms with van der Waals surface area (Å²) in [4.78, 5) is 2.35. The van der Waals surface area contributed by atoms with Gasteiger partial charge in [0, 0.05) is 16.6 Å². The molecule has 1 aliphatic heterocycles. The summed E-state index contributed by atoms with van der Waals surface area (Å²) in [6, 6.07) is 4.77. The van der Waals surface area contributed by atoms with Gasteiger partial charge in [-0.25, -0.2) is 4.39 Å². The standard InChI is InChI=1S/C15H22ClFN2/c1-15(2,3)19-6-4-5-13(18)14(19)10-7-11(16)9-12(17)8-10/h7-9,13-14H,4-6,18H2,1-3H3. The van der Waals surface area contributed by atoms with Crippen LogP contribution >= 0.6 is 11.6 Å². The van der Waals surface area contributed by atoms with Gasteiger partial charge in [-0.15, -0.1) is 0 Å². The lowest BCUT2D eigenvalue weighted by Crippen LogP contribution is -2.53. The first kappa shape index (κ1) is 14.8. The molecule has 106 valence electrons. The lowest BCUT2D eigenvalue weighted by atomic mass is 9.87. The average Bonchev–Trinajstić information content (AvgIpc) is 2.25. The maximum absolute atomic E-state index is 13.6. The van der Waals surface area contributed by atoms with Crippen LogP contribution in [-0.2, 0) is 0 Å². The molecule has 2 nitrogen and oxygen atoms in total. The second kappa shape index (κ2) is 5.39. The van der Waals surface area contributed by atoms with Gasteiger partial charge in [0.2, 0.25) is 0 Å². The van der Waals surface area contributed by atoms with E-state index in [1.807, 2.05) is 6.07 Å². The molecule has 2 N–H and O–H groups in total. The molecule has 4 heteroatoms. The van der Waals surface area contributed by atoms with Gasteiger partial charge in [-0.3, -0.25) is 4.90 Å². The summed E-state index contributed by atoms with van der Waals surface area (Å²) in [5, 5.41) is 0.432. The summed E-state index contributed by atoms with van der Waals surface area (Å²) < 4.78 is 13.6. The van der Waals surface area contributed by atoms with E-state index in [1.54, 1.807) is 6.07 Å². The molecule has 1 saturated heterocycles. The van der Waals surface area contributed by atoms with E-state index in [0.29, 0.717) is 5.02 Å². The maximum atomic E-state index is 13.6. The summed E-state index contributed by atoms with van der Waals surface area (Å²) in [7, 11) is 0. The normalized spacial score (nSPS) is 25.6. The monoisotopic (exact) mass is 284 g/mol. The first-order valence-electron chi connectivity index (χ1n) is 6.77. The molecular formula is C15H22ClFN2. The Balaban J connectivity index is 2.41. The number of piperidine rings is 1. The fourth-order valence-corrected chi connectivity index (χ4v) is 3.18. The van der Waals surface area contributed by atoms with Crippen molar-refractivity contribution in [3.8, 4) is 0 Å². The third-order valence-electron chi connectivity index (χ3n) is 3.77.